The van der Waals surface area contributed by atoms with E-state index >= 15 is 0 Å². The molecule has 0 spiro atoms. The molecule has 1 saturated carbocycles. The highest BCUT2D eigenvalue weighted by atomic mass is 35.5. The third-order valence-corrected chi connectivity index (χ3v) is 5.18. The van der Waals surface area contributed by atoms with Crippen LogP contribution < -0.4 is 10.6 Å². The van der Waals surface area contributed by atoms with Gasteiger partial charge in [-0.2, -0.15) is 0 Å². The number of hydrogen-bond donors (Lipinski definition) is 2. The fourth-order valence-electron chi connectivity index (χ4n) is 3.21. The molecule has 28 heavy (non-hydrogen) atoms. The van der Waals surface area contributed by atoms with Gasteiger partial charge in [0, 0.05) is 29.3 Å². The number of carbonyl (C=O) groups is 1. The number of fused-ring (bicyclic) bond motifs is 1. The predicted octanol–water partition coefficient (Wildman–Crippen LogP) is 4.84. The molecule has 0 unspecified atom stereocenters. The highest BCUT2D eigenvalue weighted by Gasteiger charge is 2.27. The van der Waals surface area contributed by atoms with Crippen LogP contribution in [0.5, 0.6) is 0 Å². The van der Waals surface area contributed by atoms with E-state index in [-0.39, 0.29) is 11.9 Å². The number of nitrogens with zero attached hydrogens (tertiary/aromatic N) is 2. The number of benzene rings is 2. The molecule has 1 atom stereocenters. The fourth-order valence-corrected chi connectivity index (χ4v) is 3.38. The average Bonchev–Trinajstić information content (AvgIpc) is 3.53. The van der Waals surface area contributed by atoms with E-state index < -0.39 is 0 Å². The molecule has 3 aromatic rings. The molecule has 2 aromatic carbocycles. The summed E-state index contributed by atoms with van der Waals surface area (Å²) in [5.41, 5.74) is 1.94. The van der Waals surface area contributed by atoms with Crippen molar-refractivity contribution < 1.29 is 4.79 Å². The average molecular weight is 395 g/mol. The first-order valence-corrected chi connectivity index (χ1v) is 10.0. The van der Waals surface area contributed by atoms with E-state index in [4.69, 9.17) is 16.6 Å². The molecule has 1 aliphatic rings. The molecule has 0 radical (unpaired) electrons. The highest BCUT2D eigenvalue weighted by molar-refractivity contribution is 6.31. The fraction of sp³-hybridized carbons (Fsp3) is 0.318. The molecule has 1 aromatic heterocycles. The molecule has 1 amide bonds. The van der Waals surface area contributed by atoms with Gasteiger partial charge in [-0.1, -0.05) is 41.9 Å². The summed E-state index contributed by atoms with van der Waals surface area (Å²) in [6.45, 7) is 2.50. The van der Waals surface area contributed by atoms with Crippen molar-refractivity contribution in [3.63, 3.8) is 0 Å². The minimum atomic E-state index is -0.0165. The van der Waals surface area contributed by atoms with Crippen LogP contribution in [0, 0.1) is 0 Å². The SMILES string of the molecule is C[C@@H](NC(=O)CCNc1nc(C2CC2)nc2cc(Cl)ccc12)c1ccccc1. The summed E-state index contributed by atoms with van der Waals surface area (Å²) >= 11 is 6.13. The lowest BCUT2D eigenvalue weighted by Gasteiger charge is -2.15. The van der Waals surface area contributed by atoms with Gasteiger partial charge in [-0.05, 0) is 43.5 Å². The molecule has 4 rings (SSSR count). The first kappa shape index (κ1) is 18.7. The molecular weight excluding hydrogens is 372 g/mol. The number of nitrogens with one attached hydrogen (secondary N) is 2. The van der Waals surface area contributed by atoms with Gasteiger partial charge in [0.05, 0.1) is 11.6 Å². The Morgan fingerprint density at radius 2 is 1.96 bits per heavy atom. The van der Waals surface area contributed by atoms with Crippen molar-refractivity contribution in [3.05, 3.63) is 64.9 Å². The van der Waals surface area contributed by atoms with Crippen LogP contribution >= 0.6 is 11.6 Å². The number of halogens is 1. The van der Waals surface area contributed by atoms with E-state index in [0.29, 0.717) is 23.9 Å². The van der Waals surface area contributed by atoms with Gasteiger partial charge in [-0.15, -0.1) is 0 Å². The van der Waals surface area contributed by atoms with Crippen LogP contribution in [0.15, 0.2) is 48.5 Å². The van der Waals surface area contributed by atoms with Crippen molar-refractivity contribution in [1.29, 1.82) is 0 Å². The molecule has 1 heterocycles. The quantitative estimate of drug-likeness (QED) is 0.601. The molecule has 6 heteroatoms. The second-order valence-corrected chi connectivity index (χ2v) is 7.68. The third-order valence-electron chi connectivity index (χ3n) is 4.94. The molecule has 0 bridgehead atoms. The Labute approximate surface area is 169 Å². The molecule has 1 fully saturated rings. The Bertz CT molecular complexity index is 988. The zero-order chi connectivity index (χ0) is 19.5. The van der Waals surface area contributed by atoms with Gasteiger partial charge >= 0.3 is 0 Å². The highest BCUT2D eigenvalue weighted by Crippen LogP contribution is 2.39. The van der Waals surface area contributed by atoms with Crippen LogP contribution in [0.1, 0.15) is 49.5 Å². The lowest BCUT2D eigenvalue weighted by molar-refractivity contribution is -0.121. The molecular formula is C22H23ClN4O. The van der Waals surface area contributed by atoms with E-state index in [1.165, 1.54) is 0 Å². The summed E-state index contributed by atoms with van der Waals surface area (Å²) in [6.07, 6.45) is 2.63. The zero-order valence-corrected chi connectivity index (χ0v) is 16.5. The summed E-state index contributed by atoms with van der Waals surface area (Å²) < 4.78 is 0. The maximum Gasteiger partial charge on any atom is 0.222 e. The number of hydrogen-bond acceptors (Lipinski definition) is 4. The summed E-state index contributed by atoms with van der Waals surface area (Å²) in [6, 6.07) is 15.6. The zero-order valence-electron chi connectivity index (χ0n) is 15.8. The van der Waals surface area contributed by atoms with Crippen molar-refractivity contribution in [3.8, 4) is 0 Å². The summed E-state index contributed by atoms with van der Waals surface area (Å²) in [5.74, 6) is 2.08. The summed E-state index contributed by atoms with van der Waals surface area (Å²) in [4.78, 5) is 21.7. The lowest BCUT2D eigenvalue weighted by atomic mass is 10.1. The van der Waals surface area contributed by atoms with Crippen LogP contribution in [-0.4, -0.2) is 22.4 Å². The minimum Gasteiger partial charge on any atom is -0.369 e. The second-order valence-electron chi connectivity index (χ2n) is 7.24. The van der Waals surface area contributed by atoms with Crippen molar-refractivity contribution in [1.82, 2.24) is 15.3 Å². The number of amides is 1. The van der Waals surface area contributed by atoms with Crippen molar-refractivity contribution in [2.24, 2.45) is 0 Å². The first-order chi connectivity index (χ1) is 13.6. The van der Waals surface area contributed by atoms with Gasteiger partial charge in [0.2, 0.25) is 5.91 Å². The predicted molar refractivity (Wildman–Crippen MR) is 113 cm³/mol. The van der Waals surface area contributed by atoms with Crippen LogP contribution in [0.2, 0.25) is 5.02 Å². The first-order valence-electron chi connectivity index (χ1n) is 9.65. The lowest BCUT2D eigenvalue weighted by Crippen LogP contribution is -2.28. The third kappa shape index (κ3) is 4.42. The Balaban J connectivity index is 1.40. The van der Waals surface area contributed by atoms with Crippen molar-refractivity contribution in [2.75, 3.05) is 11.9 Å². The second kappa shape index (κ2) is 8.15. The number of rotatable bonds is 7. The van der Waals surface area contributed by atoms with Gasteiger partial charge in [0.25, 0.3) is 0 Å². The van der Waals surface area contributed by atoms with E-state index in [0.717, 1.165) is 41.0 Å². The van der Waals surface area contributed by atoms with Crippen LogP contribution in [0.3, 0.4) is 0 Å². The van der Waals surface area contributed by atoms with Crippen LogP contribution in [0.4, 0.5) is 5.82 Å². The standard InChI is InChI=1S/C22H23ClN4O/c1-14(15-5-3-2-4-6-15)25-20(28)11-12-24-22-18-10-9-17(23)13-19(18)26-21(27-22)16-7-8-16/h2-6,9-10,13-14,16H,7-8,11-12H2,1H3,(H,25,28)(H,24,26,27)/t14-/m1/s1. The van der Waals surface area contributed by atoms with E-state index in [9.17, 15) is 4.79 Å². The van der Waals surface area contributed by atoms with Gasteiger partial charge < -0.3 is 10.6 Å². The molecule has 5 nitrogen and oxygen atoms in total. The molecule has 2 N–H and O–H groups in total. The topological polar surface area (TPSA) is 66.9 Å². The van der Waals surface area contributed by atoms with Crippen LogP contribution in [0.25, 0.3) is 10.9 Å². The summed E-state index contributed by atoms with van der Waals surface area (Å²) in [5, 5.41) is 7.94. The molecule has 0 saturated heterocycles. The van der Waals surface area contributed by atoms with Gasteiger partial charge in [-0.3, -0.25) is 4.79 Å². The number of carbonyl (C=O) groups excluding carboxylic acids is 1. The van der Waals surface area contributed by atoms with Gasteiger partial charge in [-0.25, -0.2) is 9.97 Å². The Hall–Kier alpha value is -2.66. The Morgan fingerprint density at radius 1 is 1.18 bits per heavy atom. The minimum absolute atomic E-state index is 0.00711. The van der Waals surface area contributed by atoms with Gasteiger partial charge in [0.1, 0.15) is 11.6 Å². The number of aromatic nitrogens is 2. The van der Waals surface area contributed by atoms with Gasteiger partial charge in [0.15, 0.2) is 0 Å². The molecule has 0 aliphatic heterocycles. The van der Waals surface area contributed by atoms with E-state index in [1.54, 1.807) is 0 Å². The Morgan fingerprint density at radius 3 is 2.71 bits per heavy atom. The smallest absolute Gasteiger partial charge is 0.222 e. The monoisotopic (exact) mass is 394 g/mol. The van der Waals surface area contributed by atoms with Crippen molar-refractivity contribution >= 4 is 34.2 Å². The Kier molecular flexibility index (Phi) is 5.44. The molecule has 1 aliphatic carbocycles. The molecule has 144 valence electrons. The van der Waals surface area contributed by atoms with Crippen molar-refractivity contribution in [2.45, 2.75) is 38.1 Å². The van der Waals surface area contributed by atoms with E-state index in [1.807, 2.05) is 55.5 Å². The number of anilines is 1. The summed E-state index contributed by atoms with van der Waals surface area (Å²) in [7, 11) is 0. The van der Waals surface area contributed by atoms with Crippen LogP contribution in [-0.2, 0) is 4.79 Å². The maximum atomic E-state index is 12.3. The maximum absolute atomic E-state index is 12.3. The largest absolute Gasteiger partial charge is 0.369 e. The normalized spacial score (nSPS) is 14.6. The van der Waals surface area contributed by atoms with E-state index in [2.05, 4.69) is 15.6 Å².